The number of nitrogens with two attached hydrogens (primary N) is 1. The summed E-state index contributed by atoms with van der Waals surface area (Å²) in [5.74, 6) is -0.122. The molecule has 5 nitrogen and oxygen atoms in total. The molecule has 0 spiro atoms. The highest BCUT2D eigenvalue weighted by Gasteiger charge is 2.26. The van der Waals surface area contributed by atoms with E-state index >= 15 is 0 Å². The minimum absolute atomic E-state index is 0. The average Bonchev–Trinajstić information content (AvgIpc) is 3.07. The number of nitrogens with one attached hydrogen (secondary N) is 1. The highest BCUT2D eigenvalue weighted by Crippen LogP contribution is 2.27. The van der Waals surface area contributed by atoms with Crippen LogP contribution in [0, 0.1) is 0 Å². The Morgan fingerprint density at radius 1 is 1.29 bits per heavy atom. The molecule has 0 saturated heterocycles. The number of halogens is 1. The molecule has 3 N–H and O–H groups in total. The van der Waals surface area contributed by atoms with Crippen molar-refractivity contribution < 1.29 is 4.79 Å². The maximum atomic E-state index is 12.2. The largest absolute Gasteiger partial charge is 0.349 e. The van der Waals surface area contributed by atoms with Crippen molar-refractivity contribution in [3.63, 3.8) is 0 Å². The summed E-state index contributed by atoms with van der Waals surface area (Å²) in [7, 11) is 0. The predicted molar refractivity (Wildman–Crippen MR) is 84.2 cm³/mol. The number of hydrogen-bond acceptors (Lipinski definition) is 3. The summed E-state index contributed by atoms with van der Waals surface area (Å²) < 4.78 is 1.90. The van der Waals surface area contributed by atoms with Crippen molar-refractivity contribution in [2.75, 3.05) is 13.1 Å². The molecule has 0 radical (unpaired) electrons. The van der Waals surface area contributed by atoms with E-state index in [-0.39, 0.29) is 18.3 Å². The SMILES string of the molecule is Cl.NCCNC(=O)c1nn(-c2ccccc2)c2c1CCC2. The first-order chi connectivity index (χ1) is 9.81. The first kappa shape index (κ1) is 15.5. The number of benzene rings is 1. The second-order valence-electron chi connectivity index (χ2n) is 4.92. The lowest BCUT2D eigenvalue weighted by atomic mass is 10.2. The van der Waals surface area contributed by atoms with Crippen LogP contribution in [0.3, 0.4) is 0 Å². The lowest BCUT2D eigenvalue weighted by Crippen LogP contribution is -2.30. The van der Waals surface area contributed by atoms with E-state index in [0.29, 0.717) is 18.8 Å². The van der Waals surface area contributed by atoms with Crippen molar-refractivity contribution in [1.29, 1.82) is 0 Å². The van der Waals surface area contributed by atoms with Crippen LogP contribution in [-0.4, -0.2) is 28.8 Å². The van der Waals surface area contributed by atoms with Gasteiger partial charge in [-0.25, -0.2) is 4.68 Å². The van der Waals surface area contributed by atoms with Crippen LogP contribution in [-0.2, 0) is 12.8 Å². The number of rotatable bonds is 4. The molecule has 1 amide bonds. The summed E-state index contributed by atoms with van der Waals surface area (Å²) >= 11 is 0. The third kappa shape index (κ3) is 2.94. The maximum absolute atomic E-state index is 12.2. The average molecular weight is 307 g/mol. The summed E-state index contributed by atoms with van der Waals surface area (Å²) in [5.41, 5.74) is 9.23. The molecular weight excluding hydrogens is 288 g/mol. The van der Waals surface area contributed by atoms with Crippen LogP contribution < -0.4 is 11.1 Å². The van der Waals surface area contributed by atoms with Crippen molar-refractivity contribution in [2.24, 2.45) is 5.73 Å². The van der Waals surface area contributed by atoms with E-state index in [2.05, 4.69) is 10.4 Å². The summed E-state index contributed by atoms with van der Waals surface area (Å²) in [6.07, 6.45) is 2.98. The van der Waals surface area contributed by atoms with E-state index in [1.165, 1.54) is 0 Å². The van der Waals surface area contributed by atoms with Gasteiger partial charge in [0.05, 0.1) is 5.69 Å². The van der Waals surface area contributed by atoms with E-state index in [9.17, 15) is 4.79 Å². The van der Waals surface area contributed by atoms with Gasteiger partial charge in [-0.1, -0.05) is 18.2 Å². The fourth-order valence-electron chi connectivity index (χ4n) is 2.67. The zero-order chi connectivity index (χ0) is 13.9. The number of aromatic nitrogens is 2. The summed E-state index contributed by atoms with van der Waals surface area (Å²) in [4.78, 5) is 12.2. The lowest BCUT2D eigenvalue weighted by Gasteiger charge is -2.04. The number of fused-ring (bicyclic) bond motifs is 1. The van der Waals surface area contributed by atoms with Crippen LogP contribution in [0.25, 0.3) is 5.69 Å². The Labute approximate surface area is 129 Å². The van der Waals surface area contributed by atoms with Crippen molar-refractivity contribution in [3.05, 3.63) is 47.3 Å². The number of nitrogens with zero attached hydrogens (tertiary/aromatic N) is 2. The van der Waals surface area contributed by atoms with Crippen LogP contribution in [0.5, 0.6) is 0 Å². The van der Waals surface area contributed by atoms with Crippen LogP contribution in [0.1, 0.15) is 28.2 Å². The molecule has 1 aliphatic carbocycles. The molecule has 1 aromatic carbocycles. The smallest absolute Gasteiger partial charge is 0.272 e. The molecule has 6 heteroatoms. The number of carbonyl (C=O) groups is 1. The fourth-order valence-corrected chi connectivity index (χ4v) is 2.67. The minimum Gasteiger partial charge on any atom is -0.349 e. The van der Waals surface area contributed by atoms with Gasteiger partial charge in [0.25, 0.3) is 5.91 Å². The quantitative estimate of drug-likeness (QED) is 0.898. The summed E-state index contributed by atoms with van der Waals surface area (Å²) in [5, 5.41) is 7.32. The van der Waals surface area contributed by atoms with Gasteiger partial charge >= 0.3 is 0 Å². The molecule has 112 valence electrons. The Morgan fingerprint density at radius 3 is 2.76 bits per heavy atom. The molecule has 0 atom stereocenters. The molecule has 1 aliphatic rings. The molecule has 0 aliphatic heterocycles. The predicted octanol–water partition coefficient (Wildman–Crippen LogP) is 1.47. The van der Waals surface area contributed by atoms with Crippen molar-refractivity contribution in [2.45, 2.75) is 19.3 Å². The maximum Gasteiger partial charge on any atom is 0.272 e. The first-order valence-electron chi connectivity index (χ1n) is 6.95. The molecule has 0 saturated carbocycles. The molecule has 2 aromatic rings. The van der Waals surface area contributed by atoms with Crippen molar-refractivity contribution >= 4 is 18.3 Å². The minimum atomic E-state index is -0.122. The summed E-state index contributed by atoms with van der Waals surface area (Å²) in [6.45, 7) is 0.916. The van der Waals surface area contributed by atoms with E-state index in [0.717, 1.165) is 36.2 Å². The van der Waals surface area contributed by atoms with Gasteiger partial charge < -0.3 is 11.1 Å². The monoisotopic (exact) mass is 306 g/mol. The van der Waals surface area contributed by atoms with Crippen molar-refractivity contribution in [3.8, 4) is 5.69 Å². The van der Waals surface area contributed by atoms with E-state index < -0.39 is 0 Å². The van der Waals surface area contributed by atoms with Gasteiger partial charge in [0, 0.05) is 24.3 Å². The summed E-state index contributed by atoms with van der Waals surface area (Å²) in [6, 6.07) is 9.95. The van der Waals surface area contributed by atoms with Crippen LogP contribution in [0.4, 0.5) is 0 Å². The number of carbonyl (C=O) groups excluding carboxylic acids is 1. The number of amides is 1. The van der Waals surface area contributed by atoms with E-state index in [1.54, 1.807) is 0 Å². The van der Waals surface area contributed by atoms with Crippen LogP contribution >= 0.6 is 12.4 Å². The Balaban J connectivity index is 0.00000161. The number of para-hydroxylation sites is 1. The Bertz CT molecular complexity index is 624. The molecule has 1 heterocycles. The second-order valence-corrected chi connectivity index (χ2v) is 4.92. The van der Waals surface area contributed by atoms with Gasteiger partial charge in [-0.15, -0.1) is 12.4 Å². The van der Waals surface area contributed by atoms with Crippen LogP contribution in [0.15, 0.2) is 30.3 Å². The Kier molecular flexibility index (Phi) is 4.98. The molecule has 0 bridgehead atoms. The molecule has 21 heavy (non-hydrogen) atoms. The van der Waals surface area contributed by atoms with Crippen LogP contribution in [0.2, 0.25) is 0 Å². The zero-order valence-corrected chi connectivity index (χ0v) is 12.5. The molecule has 3 rings (SSSR count). The molecular formula is C15H19ClN4O. The molecule has 1 aromatic heterocycles. The van der Waals surface area contributed by atoms with Gasteiger partial charge in [0.1, 0.15) is 0 Å². The van der Waals surface area contributed by atoms with Crippen molar-refractivity contribution in [1.82, 2.24) is 15.1 Å². The van der Waals surface area contributed by atoms with E-state index in [1.807, 2.05) is 35.0 Å². The second kappa shape index (κ2) is 6.74. The third-order valence-corrected chi connectivity index (χ3v) is 3.58. The lowest BCUT2D eigenvalue weighted by molar-refractivity contribution is 0.0948. The number of hydrogen-bond donors (Lipinski definition) is 2. The van der Waals surface area contributed by atoms with E-state index in [4.69, 9.17) is 5.73 Å². The van der Waals surface area contributed by atoms with Gasteiger partial charge in [0.2, 0.25) is 0 Å². The van der Waals surface area contributed by atoms with Gasteiger partial charge in [0.15, 0.2) is 5.69 Å². The first-order valence-corrected chi connectivity index (χ1v) is 6.95. The van der Waals surface area contributed by atoms with Gasteiger partial charge in [-0.3, -0.25) is 4.79 Å². The fraction of sp³-hybridized carbons (Fsp3) is 0.333. The van der Waals surface area contributed by atoms with Gasteiger partial charge in [-0.2, -0.15) is 5.10 Å². The topological polar surface area (TPSA) is 72.9 Å². The Hall–Kier alpha value is -1.85. The third-order valence-electron chi connectivity index (χ3n) is 3.58. The normalized spacial score (nSPS) is 12.6. The molecule has 0 unspecified atom stereocenters. The highest BCUT2D eigenvalue weighted by atomic mass is 35.5. The Morgan fingerprint density at radius 2 is 2.05 bits per heavy atom. The molecule has 0 fully saturated rings. The van der Waals surface area contributed by atoms with Gasteiger partial charge in [-0.05, 0) is 31.4 Å². The standard InChI is InChI=1S/C15H18N4O.ClH/c16-9-10-17-15(20)14-12-7-4-8-13(12)19(18-14)11-5-2-1-3-6-11;/h1-3,5-6H,4,7-10,16H2,(H,17,20);1H. The zero-order valence-electron chi connectivity index (χ0n) is 11.7. The highest BCUT2D eigenvalue weighted by molar-refractivity contribution is 5.94.